The van der Waals surface area contributed by atoms with E-state index in [1.165, 1.54) is 18.4 Å². The molecule has 0 unspecified atom stereocenters. The van der Waals surface area contributed by atoms with Crippen molar-refractivity contribution in [1.29, 1.82) is 0 Å². The third-order valence-corrected chi connectivity index (χ3v) is 6.00. The summed E-state index contributed by atoms with van der Waals surface area (Å²) in [7, 11) is 7.09. The van der Waals surface area contributed by atoms with Crippen LogP contribution in [0.4, 0.5) is 5.13 Å². The molecule has 0 bridgehead atoms. The summed E-state index contributed by atoms with van der Waals surface area (Å²) >= 11 is 7.63. The zero-order valence-electron chi connectivity index (χ0n) is 17.2. The Morgan fingerprint density at radius 3 is 2.45 bits per heavy atom. The fraction of sp³-hybridized carbons (Fsp3) is 0.333. The minimum atomic E-state index is -0.207. The maximum absolute atomic E-state index is 13.5. The van der Waals surface area contributed by atoms with Gasteiger partial charge in [0.05, 0.1) is 24.5 Å². The fourth-order valence-corrected chi connectivity index (χ4v) is 4.20. The first-order valence-electron chi connectivity index (χ1n) is 9.10. The van der Waals surface area contributed by atoms with Crippen molar-refractivity contribution in [2.45, 2.75) is 6.92 Å². The Hall–Kier alpha value is -2.35. The SMILES string of the molecule is COc1ccc(Cl)cc1C(=O)N(CCN(C)C)c1nc2c(OC)ccc(C)c2s1. The second kappa shape index (κ2) is 8.98. The van der Waals surface area contributed by atoms with E-state index in [0.29, 0.717) is 40.3 Å². The van der Waals surface area contributed by atoms with Crippen LogP contribution in [-0.4, -0.2) is 57.2 Å². The predicted molar refractivity (Wildman–Crippen MR) is 119 cm³/mol. The van der Waals surface area contributed by atoms with Crippen molar-refractivity contribution >= 4 is 44.2 Å². The van der Waals surface area contributed by atoms with Crippen LogP contribution < -0.4 is 14.4 Å². The third-order valence-electron chi connectivity index (χ3n) is 4.55. The Balaban J connectivity index is 2.11. The van der Waals surface area contributed by atoms with Gasteiger partial charge in [0, 0.05) is 18.1 Å². The zero-order chi connectivity index (χ0) is 21.1. The molecule has 1 aromatic heterocycles. The van der Waals surface area contributed by atoms with Gasteiger partial charge in [-0.3, -0.25) is 9.69 Å². The number of thiazole rings is 1. The summed E-state index contributed by atoms with van der Waals surface area (Å²) in [6, 6.07) is 8.92. The van der Waals surface area contributed by atoms with Crippen LogP contribution in [-0.2, 0) is 0 Å². The molecule has 0 N–H and O–H groups in total. The van der Waals surface area contributed by atoms with Crippen LogP contribution in [0.25, 0.3) is 10.2 Å². The van der Waals surface area contributed by atoms with Crippen LogP contribution in [0, 0.1) is 6.92 Å². The first-order valence-corrected chi connectivity index (χ1v) is 10.3. The molecule has 1 heterocycles. The van der Waals surface area contributed by atoms with E-state index >= 15 is 0 Å². The van der Waals surface area contributed by atoms with Crippen LogP contribution >= 0.6 is 22.9 Å². The minimum absolute atomic E-state index is 0.207. The molecular formula is C21H24ClN3O3S. The van der Waals surface area contributed by atoms with Crippen LogP contribution in [0.3, 0.4) is 0 Å². The van der Waals surface area contributed by atoms with Gasteiger partial charge in [-0.2, -0.15) is 0 Å². The number of rotatable bonds is 7. The number of aromatic nitrogens is 1. The molecule has 0 atom stereocenters. The number of likely N-dealkylation sites (N-methyl/N-ethyl adjacent to an activating group) is 1. The quantitative estimate of drug-likeness (QED) is 0.549. The molecule has 29 heavy (non-hydrogen) atoms. The van der Waals surface area contributed by atoms with Crippen molar-refractivity contribution in [2.75, 3.05) is 46.3 Å². The Bertz CT molecular complexity index is 1040. The van der Waals surface area contributed by atoms with Gasteiger partial charge in [0.25, 0.3) is 5.91 Å². The molecule has 3 aromatic rings. The molecule has 3 rings (SSSR count). The summed E-state index contributed by atoms with van der Waals surface area (Å²) in [5, 5.41) is 1.09. The van der Waals surface area contributed by atoms with Gasteiger partial charge in [-0.15, -0.1) is 0 Å². The van der Waals surface area contributed by atoms with E-state index in [0.717, 1.165) is 15.8 Å². The number of aryl methyl sites for hydroxylation is 1. The lowest BCUT2D eigenvalue weighted by Gasteiger charge is -2.23. The molecule has 0 aliphatic carbocycles. The highest BCUT2D eigenvalue weighted by molar-refractivity contribution is 7.22. The lowest BCUT2D eigenvalue weighted by atomic mass is 10.1. The molecule has 0 aliphatic rings. The zero-order valence-corrected chi connectivity index (χ0v) is 18.7. The van der Waals surface area contributed by atoms with E-state index in [2.05, 4.69) is 0 Å². The highest BCUT2D eigenvalue weighted by Crippen LogP contribution is 2.37. The van der Waals surface area contributed by atoms with Crippen LogP contribution in [0.1, 0.15) is 15.9 Å². The van der Waals surface area contributed by atoms with Gasteiger partial charge in [0.2, 0.25) is 0 Å². The molecule has 154 valence electrons. The molecule has 0 fully saturated rings. The topological polar surface area (TPSA) is 54.9 Å². The number of fused-ring (bicyclic) bond motifs is 1. The van der Waals surface area contributed by atoms with E-state index in [1.807, 2.05) is 38.1 Å². The second-order valence-corrected chi connectivity index (χ2v) is 8.28. The van der Waals surface area contributed by atoms with Crippen LogP contribution in [0.15, 0.2) is 30.3 Å². The van der Waals surface area contributed by atoms with Crippen molar-refractivity contribution in [3.05, 3.63) is 46.5 Å². The van der Waals surface area contributed by atoms with Gasteiger partial charge in [-0.25, -0.2) is 4.98 Å². The molecule has 0 aliphatic heterocycles. The van der Waals surface area contributed by atoms with Gasteiger partial charge in [0.1, 0.15) is 17.0 Å². The lowest BCUT2D eigenvalue weighted by molar-refractivity contribution is 0.0982. The highest BCUT2D eigenvalue weighted by atomic mass is 35.5. The van der Waals surface area contributed by atoms with E-state index in [-0.39, 0.29) is 5.91 Å². The van der Waals surface area contributed by atoms with Gasteiger partial charge >= 0.3 is 0 Å². The molecule has 0 spiro atoms. The molecule has 0 radical (unpaired) electrons. The Kier molecular flexibility index (Phi) is 6.62. The van der Waals surface area contributed by atoms with Crippen molar-refractivity contribution in [3.8, 4) is 11.5 Å². The number of hydrogen-bond donors (Lipinski definition) is 0. The van der Waals surface area contributed by atoms with Crippen molar-refractivity contribution in [1.82, 2.24) is 9.88 Å². The molecule has 6 nitrogen and oxygen atoms in total. The highest BCUT2D eigenvalue weighted by Gasteiger charge is 2.25. The van der Waals surface area contributed by atoms with Crippen LogP contribution in [0.5, 0.6) is 11.5 Å². The van der Waals surface area contributed by atoms with Crippen molar-refractivity contribution in [2.24, 2.45) is 0 Å². The van der Waals surface area contributed by atoms with Crippen LogP contribution in [0.2, 0.25) is 5.02 Å². The smallest absolute Gasteiger partial charge is 0.263 e. The summed E-state index contributed by atoms with van der Waals surface area (Å²) in [6.07, 6.45) is 0. The number of amides is 1. The van der Waals surface area contributed by atoms with E-state index < -0.39 is 0 Å². The molecule has 8 heteroatoms. The predicted octanol–water partition coefficient (Wildman–Crippen LogP) is 4.48. The first kappa shape index (κ1) is 21.4. The molecule has 0 saturated carbocycles. The number of hydrogen-bond acceptors (Lipinski definition) is 6. The van der Waals surface area contributed by atoms with E-state index in [4.69, 9.17) is 26.1 Å². The number of anilines is 1. The summed E-state index contributed by atoms with van der Waals surface area (Å²) in [6.45, 7) is 3.18. The molecule has 0 saturated heterocycles. The minimum Gasteiger partial charge on any atom is -0.496 e. The largest absolute Gasteiger partial charge is 0.496 e. The van der Waals surface area contributed by atoms with E-state index in [1.54, 1.807) is 30.2 Å². The van der Waals surface area contributed by atoms with Gasteiger partial charge < -0.3 is 14.4 Å². The summed E-state index contributed by atoms with van der Waals surface area (Å²) in [4.78, 5) is 22.0. The number of carbonyl (C=O) groups is 1. The van der Waals surface area contributed by atoms with Gasteiger partial charge in [-0.1, -0.05) is 29.0 Å². The Morgan fingerprint density at radius 2 is 1.79 bits per heavy atom. The van der Waals surface area contributed by atoms with E-state index in [9.17, 15) is 4.79 Å². The normalized spacial score (nSPS) is 11.1. The first-order chi connectivity index (χ1) is 13.8. The Labute approximate surface area is 179 Å². The maximum Gasteiger partial charge on any atom is 0.263 e. The number of nitrogens with zero attached hydrogens (tertiary/aromatic N) is 3. The fourth-order valence-electron chi connectivity index (χ4n) is 2.96. The summed E-state index contributed by atoms with van der Waals surface area (Å²) in [5.74, 6) is 0.958. The molecule has 2 aromatic carbocycles. The number of methoxy groups -OCH3 is 2. The standard InChI is InChI=1S/C21H24ClN3O3S/c1-13-6-8-17(28-5)18-19(13)29-21(23-18)25(11-10-24(2)3)20(26)15-12-14(22)7-9-16(15)27-4/h6-9,12H,10-11H2,1-5H3. The van der Waals surface area contributed by atoms with Gasteiger partial charge in [0.15, 0.2) is 5.13 Å². The van der Waals surface area contributed by atoms with Crippen molar-refractivity contribution in [3.63, 3.8) is 0 Å². The lowest BCUT2D eigenvalue weighted by Crippen LogP contribution is -2.37. The average molecular weight is 434 g/mol. The van der Waals surface area contributed by atoms with Crippen molar-refractivity contribution < 1.29 is 14.3 Å². The molecule has 1 amide bonds. The number of ether oxygens (including phenoxy) is 2. The maximum atomic E-state index is 13.5. The number of carbonyl (C=O) groups excluding carboxylic acids is 1. The number of halogens is 1. The van der Waals surface area contributed by atoms with Gasteiger partial charge in [-0.05, 0) is 50.8 Å². The monoisotopic (exact) mass is 433 g/mol. The third kappa shape index (κ3) is 4.47. The summed E-state index contributed by atoms with van der Waals surface area (Å²) in [5.41, 5.74) is 2.25. The number of benzene rings is 2. The average Bonchev–Trinajstić information content (AvgIpc) is 3.14. The second-order valence-electron chi connectivity index (χ2n) is 6.86. The Morgan fingerprint density at radius 1 is 1.10 bits per heavy atom. The summed E-state index contributed by atoms with van der Waals surface area (Å²) < 4.78 is 11.9. The molecular weight excluding hydrogens is 410 g/mol.